The van der Waals surface area contributed by atoms with Gasteiger partial charge in [-0.3, -0.25) is 0 Å². The highest BCUT2D eigenvalue weighted by atomic mass is 14.5. The van der Waals surface area contributed by atoms with Crippen LogP contribution >= 0.6 is 0 Å². The topological polar surface area (TPSA) is 23.9 Å². The molecule has 1 N–H and O–H groups in total. The van der Waals surface area contributed by atoms with E-state index in [-0.39, 0.29) is 5.41 Å². The van der Waals surface area contributed by atoms with Crippen LogP contribution < -0.4 is 0 Å². The van der Waals surface area contributed by atoms with Crippen molar-refractivity contribution < 1.29 is 0 Å². The van der Waals surface area contributed by atoms with Crippen molar-refractivity contribution in [2.45, 2.75) is 46.5 Å². The van der Waals surface area contributed by atoms with Gasteiger partial charge in [0.15, 0.2) is 0 Å². The second-order valence-corrected chi connectivity index (χ2v) is 4.99. The average Bonchev–Trinajstić information content (AvgIpc) is 1.85. The maximum atomic E-state index is 7.35. The smallest absolute Gasteiger partial charge is 0.00264 e. The third-order valence-corrected chi connectivity index (χ3v) is 2.83. The van der Waals surface area contributed by atoms with Crippen LogP contribution in [0.5, 0.6) is 0 Å². The summed E-state index contributed by atoms with van der Waals surface area (Å²) in [6.07, 6.45) is 6.66. The molecule has 0 aromatic rings. The van der Waals surface area contributed by atoms with Crippen LogP contribution in [-0.2, 0) is 0 Å². The normalized spacial score (nSPS) is 36.6. The molecule has 1 nitrogen and oxygen atoms in total. The first kappa shape index (κ1) is 8.76. The van der Waals surface area contributed by atoms with Crippen molar-refractivity contribution in [3.8, 4) is 0 Å². The van der Waals surface area contributed by atoms with Crippen LogP contribution in [0, 0.1) is 16.2 Å². The summed E-state index contributed by atoms with van der Waals surface area (Å²) in [5, 5.41) is 7.35. The minimum atomic E-state index is 0.196. The van der Waals surface area contributed by atoms with Gasteiger partial charge in [-0.25, -0.2) is 0 Å². The fraction of sp³-hybridized carbons (Fsp3) is 0.900. The lowest BCUT2D eigenvalue weighted by Crippen LogP contribution is -2.31. The van der Waals surface area contributed by atoms with Gasteiger partial charge < -0.3 is 5.41 Å². The molecule has 0 spiro atoms. The zero-order chi connectivity index (χ0) is 8.54. The van der Waals surface area contributed by atoms with Gasteiger partial charge in [0.25, 0.3) is 0 Å². The highest BCUT2D eigenvalue weighted by Crippen LogP contribution is 2.44. The molecule has 1 unspecified atom stereocenters. The van der Waals surface area contributed by atoms with Crippen LogP contribution in [0.25, 0.3) is 0 Å². The molecule has 1 atom stereocenters. The van der Waals surface area contributed by atoms with Gasteiger partial charge in [-0.1, -0.05) is 27.2 Å². The van der Waals surface area contributed by atoms with E-state index in [2.05, 4.69) is 20.8 Å². The molecule has 11 heavy (non-hydrogen) atoms. The first-order valence-corrected chi connectivity index (χ1v) is 4.49. The summed E-state index contributed by atoms with van der Waals surface area (Å²) in [5.41, 5.74) is 0.659. The minimum absolute atomic E-state index is 0.196. The van der Waals surface area contributed by atoms with Gasteiger partial charge in [0.1, 0.15) is 0 Å². The molecule has 1 heteroatoms. The first-order valence-electron chi connectivity index (χ1n) is 4.49. The molecule has 1 rings (SSSR count). The lowest BCUT2D eigenvalue weighted by atomic mass is 9.65. The predicted molar refractivity (Wildman–Crippen MR) is 49.1 cm³/mol. The minimum Gasteiger partial charge on any atom is -0.313 e. The quantitative estimate of drug-likeness (QED) is 0.559. The Kier molecular flexibility index (Phi) is 2.08. The SMILES string of the molecule is CC1(C)CCCC(C)(C=N)C1. The molecular formula is C10H19N. The van der Waals surface area contributed by atoms with Crippen molar-refractivity contribution in [3.63, 3.8) is 0 Å². The largest absolute Gasteiger partial charge is 0.313 e. The third-order valence-electron chi connectivity index (χ3n) is 2.83. The maximum Gasteiger partial charge on any atom is 0.00264 e. The van der Waals surface area contributed by atoms with Gasteiger partial charge in [-0.2, -0.15) is 0 Å². The highest BCUT2D eigenvalue weighted by molar-refractivity contribution is 5.61. The Hall–Kier alpha value is -0.330. The van der Waals surface area contributed by atoms with Gasteiger partial charge >= 0.3 is 0 Å². The number of hydrogen-bond donors (Lipinski definition) is 1. The van der Waals surface area contributed by atoms with Crippen LogP contribution in [0.4, 0.5) is 0 Å². The summed E-state index contributed by atoms with van der Waals surface area (Å²) >= 11 is 0. The Morgan fingerprint density at radius 1 is 1.18 bits per heavy atom. The van der Waals surface area contributed by atoms with Gasteiger partial charge in [0.05, 0.1) is 0 Å². The molecule has 0 radical (unpaired) electrons. The molecule has 1 saturated carbocycles. The van der Waals surface area contributed by atoms with E-state index < -0.39 is 0 Å². The Balaban J connectivity index is 2.66. The zero-order valence-electron chi connectivity index (χ0n) is 7.91. The molecule has 0 amide bonds. The molecule has 0 aromatic carbocycles. The third kappa shape index (κ3) is 2.05. The first-order chi connectivity index (χ1) is 4.97. The van der Waals surface area contributed by atoms with Crippen LogP contribution in [0.1, 0.15) is 46.5 Å². The van der Waals surface area contributed by atoms with E-state index in [9.17, 15) is 0 Å². The van der Waals surface area contributed by atoms with E-state index in [1.807, 2.05) is 0 Å². The molecule has 0 saturated heterocycles. The summed E-state index contributed by atoms with van der Waals surface area (Å²) in [6, 6.07) is 0. The molecule has 64 valence electrons. The van der Waals surface area contributed by atoms with Crippen molar-refractivity contribution in [1.82, 2.24) is 0 Å². The van der Waals surface area contributed by atoms with Gasteiger partial charge in [-0.05, 0) is 24.7 Å². The monoisotopic (exact) mass is 153 g/mol. The summed E-state index contributed by atoms with van der Waals surface area (Å²) in [5.74, 6) is 0. The van der Waals surface area contributed by atoms with Crippen LogP contribution in [-0.4, -0.2) is 6.21 Å². The van der Waals surface area contributed by atoms with Gasteiger partial charge in [-0.15, -0.1) is 0 Å². The fourth-order valence-corrected chi connectivity index (χ4v) is 2.36. The van der Waals surface area contributed by atoms with Crippen molar-refractivity contribution >= 4 is 6.21 Å². The van der Waals surface area contributed by atoms with E-state index in [0.717, 1.165) is 0 Å². The second-order valence-electron chi connectivity index (χ2n) is 4.99. The van der Waals surface area contributed by atoms with E-state index >= 15 is 0 Å². The molecule has 0 bridgehead atoms. The lowest BCUT2D eigenvalue weighted by molar-refractivity contribution is 0.156. The molecule has 0 aliphatic heterocycles. The summed E-state index contributed by atoms with van der Waals surface area (Å²) < 4.78 is 0. The van der Waals surface area contributed by atoms with Crippen molar-refractivity contribution in [2.24, 2.45) is 10.8 Å². The summed E-state index contributed by atoms with van der Waals surface area (Å²) in [4.78, 5) is 0. The van der Waals surface area contributed by atoms with Crippen LogP contribution in [0.15, 0.2) is 0 Å². The lowest BCUT2D eigenvalue weighted by Gasteiger charge is -2.40. The van der Waals surface area contributed by atoms with Crippen LogP contribution in [0.3, 0.4) is 0 Å². The number of nitrogens with one attached hydrogen (secondary N) is 1. The predicted octanol–water partition coefficient (Wildman–Crippen LogP) is 3.24. The molecule has 1 aliphatic carbocycles. The Bertz CT molecular complexity index is 160. The fourth-order valence-electron chi connectivity index (χ4n) is 2.36. The molecule has 0 heterocycles. The van der Waals surface area contributed by atoms with Gasteiger partial charge in [0, 0.05) is 11.6 Å². The standard InChI is InChI=1S/C10H19N/c1-9(2)5-4-6-10(3,7-9)8-11/h8,11H,4-7H2,1-3H3. The Labute approximate surface area is 69.7 Å². The van der Waals surface area contributed by atoms with E-state index in [1.165, 1.54) is 25.7 Å². The second kappa shape index (κ2) is 2.62. The number of rotatable bonds is 1. The van der Waals surface area contributed by atoms with Crippen molar-refractivity contribution in [3.05, 3.63) is 0 Å². The molecule has 1 fully saturated rings. The molecule has 1 aliphatic rings. The average molecular weight is 153 g/mol. The van der Waals surface area contributed by atoms with Crippen molar-refractivity contribution in [2.75, 3.05) is 0 Å². The Morgan fingerprint density at radius 3 is 2.18 bits per heavy atom. The van der Waals surface area contributed by atoms with E-state index in [1.54, 1.807) is 6.21 Å². The maximum absolute atomic E-state index is 7.35. The number of hydrogen-bond acceptors (Lipinski definition) is 1. The van der Waals surface area contributed by atoms with E-state index in [0.29, 0.717) is 5.41 Å². The molecular weight excluding hydrogens is 134 g/mol. The van der Waals surface area contributed by atoms with E-state index in [4.69, 9.17) is 5.41 Å². The zero-order valence-corrected chi connectivity index (χ0v) is 7.91. The van der Waals surface area contributed by atoms with Crippen molar-refractivity contribution in [1.29, 1.82) is 5.41 Å². The highest BCUT2D eigenvalue weighted by Gasteiger charge is 2.34. The Morgan fingerprint density at radius 2 is 1.82 bits per heavy atom. The van der Waals surface area contributed by atoms with Crippen LogP contribution in [0.2, 0.25) is 0 Å². The summed E-state index contributed by atoms with van der Waals surface area (Å²) in [7, 11) is 0. The summed E-state index contributed by atoms with van der Waals surface area (Å²) in [6.45, 7) is 6.84. The molecule has 0 aromatic heterocycles. The van der Waals surface area contributed by atoms with Gasteiger partial charge in [0.2, 0.25) is 0 Å².